The predicted octanol–water partition coefficient (Wildman–Crippen LogP) is 5.35. The van der Waals surface area contributed by atoms with Crippen molar-refractivity contribution in [1.29, 1.82) is 0 Å². The van der Waals surface area contributed by atoms with Gasteiger partial charge in [-0.1, -0.05) is 54.1 Å². The van der Waals surface area contributed by atoms with Crippen LogP contribution in [0.25, 0.3) is 33.6 Å². The molecule has 2 aromatic carbocycles. The molecule has 2 heterocycles. The van der Waals surface area contributed by atoms with E-state index in [-0.39, 0.29) is 5.82 Å². The van der Waals surface area contributed by atoms with Crippen molar-refractivity contribution in [2.45, 2.75) is 0 Å². The summed E-state index contributed by atoms with van der Waals surface area (Å²) in [5.74, 6) is 0.333. The van der Waals surface area contributed by atoms with Crippen LogP contribution in [-0.2, 0) is 0 Å². The van der Waals surface area contributed by atoms with E-state index in [9.17, 15) is 4.39 Å². The number of aromatic nitrogens is 2. The topological polar surface area (TPSA) is 38.9 Å². The van der Waals surface area contributed by atoms with Crippen molar-refractivity contribution in [1.82, 2.24) is 9.97 Å². The Morgan fingerprint density at radius 3 is 2.35 bits per heavy atom. The maximum absolute atomic E-state index is 13.3. The van der Waals surface area contributed by atoms with E-state index >= 15 is 0 Å². The molecule has 0 unspecified atom stereocenters. The normalized spacial score (nSPS) is 11.0. The van der Waals surface area contributed by atoms with Crippen LogP contribution < -0.4 is 0 Å². The molecule has 2 aromatic heterocycles. The Hall–Kier alpha value is -2.72. The van der Waals surface area contributed by atoms with Gasteiger partial charge in [0.05, 0.1) is 5.39 Å². The maximum Gasteiger partial charge on any atom is 0.231 e. The first kappa shape index (κ1) is 13.9. The number of hydrogen-bond donors (Lipinski definition) is 0. The highest BCUT2D eigenvalue weighted by Crippen LogP contribution is 2.42. The summed E-state index contributed by atoms with van der Waals surface area (Å²) in [5, 5.41) is 0.930. The van der Waals surface area contributed by atoms with Crippen LogP contribution in [0.5, 0.6) is 0 Å². The number of nitrogens with zero attached hydrogens (tertiary/aromatic N) is 2. The average molecular weight is 325 g/mol. The number of halogens is 2. The summed E-state index contributed by atoms with van der Waals surface area (Å²) in [5.41, 5.74) is 2.85. The third kappa shape index (κ3) is 2.37. The Labute approximate surface area is 136 Å². The van der Waals surface area contributed by atoms with Crippen molar-refractivity contribution in [3.8, 4) is 22.5 Å². The number of furan rings is 1. The zero-order valence-electron chi connectivity index (χ0n) is 11.8. The summed E-state index contributed by atoms with van der Waals surface area (Å²) in [6, 6.07) is 15.8. The Morgan fingerprint density at radius 2 is 1.61 bits per heavy atom. The third-order valence-electron chi connectivity index (χ3n) is 3.61. The molecule has 0 atom stereocenters. The Balaban J connectivity index is 2.08. The minimum atomic E-state index is -0.301. The van der Waals surface area contributed by atoms with Gasteiger partial charge in [-0.3, -0.25) is 0 Å². The van der Waals surface area contributed by atoms with Crippen molar-refractivity contribution >= 4 is 22.7 Å². The van der Waals surface area contributed by atoms with E-state index in [1.165, 1.54) is 18.5 Å². The molecule has 0 amide bonds. The highest BCUT2D eigenvalue weighted by molar-refractivity contribution is 6.35. The Morgan fingerprint density at radius 1 is 0.870 bits per heavy atom. The molecule has 3 nitrogen and oxygen atoms in total. The van der Waals surface area contributed by atoms with Crippen LogP contribution in [0.3, 0.4) is 0 Å². The molecule has 0 radical (unpaired) electrons. The smallest absolute Gasteiger partial charge is 0.231 e. The zero-order chi connectivity index (χ0) is 15.8. The number of benzene rings is 2. The van der Waals surface area contributed by atoms with E-state index in [0.717, 1.165) is 16.7 Å². The minimum absolute atomic E-state index is 0.301. The first-order chi connectivity index (χ1) is 11.2. The molecule has 0 saturated heterocycles. The molecule has 5 heteroatoms. The number of fused-ring (bicyclic) bond motifs is 1. The zero-order valence-corrected chi connectivity index (χ0v) is 12.6. The van der Waals surface area contributed by atoms with Gasteiger partial charge in [-0.05, 0) is 17.7 Å². The average Bonchev–Trinajstić information content (AvgIpc) is 2.97. The predicted molar refractivity (Wildman–Crippen MR) is 87.6 cm³/mol. The van der Waals surface area contributed by atoms with Crippen molar-refractivity contribution in [3.05, 3.63) is 71.9 Å². The van der Waals surface area contributed by atoms with Crippen molar-refractivity contribution < 1.29 is 8.81 Å². The van der Waals surface area contributed by atoms with Crippen LogP contribution in [0, 0.1) is 5.82 Å². The fraction of sp³-hybridized carbons (Fsp3) is 0. The highest BCUT2D eigenvalue weighted by Gasteiger charge is 2.21. The van der Waals surface area contributed by atoms with Crippen LogP contribution in [0.15, 0.2) is 65.3 Å². The van der Waals surface area contributed by atoms with Crippen molar-refractivity contribution in [2.75, 3.05) is 0 Å². The van der Waals surface area contributed by atoms with E-state index in [2.05, 4.69) is 9.97 Å². The molecule has 0 N–H and O–H groups in total. The molecule has 0 saturated carbocycles. The summed E-state index contributed by atoms with van der Waals surface area (Å²) in [6.07, 6.45) is 1.36. The lowest BCUT2D eigenvalue weighted by atomic mass is 10.00. The Bertz CT molecular complexity index is 981. The van der Waals surface area contributed by atoms with Crippen LogP contribution in [0.4, 0.5) is 4.39 Å². The summed E-state index contributed by atoms with van der Waals surface area (Å²) in [4.78, 5) is 8.19. The van der Waals surface area contributed by atoms with Gasteiger partial charge in [0.25, 0.3) is 0 Å². The molecule has 4 rings (SSSR count). The molecule has 0 aliphatic rings. The van der Waals surface area contributed by atoms with E-state index in [1.54, 1.807) is 12.1 Å². The van der Waals surface area contributed by atoms with Gasteiger partial charge in [0.15, 0.2) is 0 Å². The number of rotatable bonds is 2. The third-order valence-corrected chi connectivity index (χ3v) is 3.90. The lowest BCUT2D eigenvalue weighted by Crippen LogP contribution is -1.84. The van der Waals surface area contributed by atoms with E-state index in [1.807, 2.05) is 30.3 Å². The molecule has 23 heavy (non-hydrogen) atoms. The molecular formula is C18H10ClFN2O. The summed E-state index contributed by atoms with van der Waals surface area (Å²) in [7, 11) is 0. The van der Waals surface area contributed by atoms with Gasteiger partial charge in [0.2, 0.25) is 5.71 Å². The SMILES string of the molecule is Fc1ccc(-c2c(-c3ccccc3)oc3ncnc(Cl)c23)cc1. The second-order valence-electron chi connectivity index (χ2n) is 5.02. The molecule has 0 bridgehead atoms. The first-order valence-corrected chi connectivity index (χ1v) is 7.36. The fourth-order valence-electron chi connectivity index (χ4n) is 2.58. The van der Waals surface area contributed by atoms with Crippen molar-refractivity contribution in [3.63, 3.8) is 0 Å². The summed E-state index contributed by atoms with van der Waals surface area (Å²) < 4.78 is 19.2. The van der Waals surface area contributed by atoms with Crippen LogP contribution in [0.1, 0.15) is 0 Å². The quantitative estimate of drug-likeness (QED) is 0.467. The van der Waals surface area contributed by atoms with Gasteiger partial charge in [0, 0.05) is 11.1 Å². The van der Waals surface area contributed by atoms with Gasteiger partial charge in [0.1, 0.15) is 23.1 Å². The van der Waals surface area contributed by atoms with E-state index < -0.39 is 0 Å². The molecule has 0 fully saturated rings. The molecular weight excluding hydrogens is 315 g/mol. The minimum Gasteiger partial charge on any atom is -0.437 e. The largest absolute Gasteiger partial charge is 0.437 e. The molecule has 0 aliphatic heterocycles. The lowest BCUT2D eigenvalue weighted by molar-refractivity contribution is 0.618. The fourth-order valence-corrected chi connectivity index (χ4v) is 2.80. The lowest BCUT2D eigenvalue weighted by Gasteiger charge is -2.04. The van der Waals surface area contributed by atoms with Gasteiger partial charge >= 0.3 is 0 Å². The first-order valence-electron chi connectivity index (χ1n) is 6.98. The second-order valence-corrected chi connectivity index (χ2v) is 5.38. The van der Waals surface area contributed by atoms with Gasteiger partial charge in [-0.2, -0.15) is 0 Å². The number of hydrogen-bond acceptors (Lipinski definition) is 3. The maximum atomic E-state index is 13.3. The van der Waals surface area contributed by atoms with Gasteiger partial charge in [-0.15, -0.1) is 0 Å². The standard InChI is InChI=1S/C18H10ClFN2O/c19-17-15-14(11-6-8-13(20)9-7-11)16(12-4-2-1-3-5-12)23-18(15)22-10-21-17/h1-10H. The van der Waals surface area contributed by atoms with Gasteiger partial charge in [-0.25, -0.2) is 14.4 Å². The summed E-state index contributed by atoms with van der Waals surface area (Å²) >= 11 is 6.26. The van der Waals surface area contributed by atoms with Crippen molar-refractivity contribution in [2.24, 2.45) is 0 Å². The molecule has 4 aromatic rings. The molecule has 0 spiro atoms. The monoisotopic (exact) mass is 324 g/mol. The van der Waals surface area contributed by atoms with E-state index in [0.29, 0.717) is 22.0 Å². The van der Waals surface area contributed by atoms with E-state index in [4.69, 9.17) is 16.0 Å². The van der Waals surface area contributed by atoms with Gasteiger partial charge < -0.3 is 4.42 Å². The summed E-state index contributed by atoms with van der Waals surface area (Å²) in [6.45, 7) is 0. The Kier molecular flexibility index (Phi) is 3.32. The molecule has 0 aliphatic carbocycles. The highest BCUT2D eigenvalue weighted by atomic mass is 35.5. The van der Waals surface area contributed by atoms with Crippen LogP contribution in [-0.4, -0.2) is 9.97 Å². The second kappa shape index (κ2) is 5.48. The van der Waals surface area contributed by atoms with Crippen LogP contribution >= 0.6 is 11.6 Å². The van der Waals surface area contributed by atoms with Crippen LogP contribution in [0.2, 0.25) is 5.15 Å². The molecule has 112 valence electrons.